The van der Waals surface area contributed by atoms with Crippen LogP contribution in [-0.4, -0.2) is 40.1 Å². The molecule has 0 bridgehead atoms. The van der Waals surface area contributed by atoms with E-state index in [1.807, 2.05) is 31.8 Å². The lowest BCUT2D eigenvalue weighted by atomic mass is 10.2. The van der Waals surface area contributed by atoms with E-state index in [1.165, 1.54) is 0 Å². The van der Waals surface area contributed by atoms with Crippen LogP contribution in [-0.2, 0) is 13.5 Å². The van der Waals surface area contributed by atoms with Crippen molar-refractivity contribution in [3.05, 3.63) is 18.2 Å². The number of hydrogen-bond acceptors (Lipinski definition) is 2. The van der Waals surface area contributed by atoms with Crippen molar-refractivity contribution in [2.24, 2.45) is 7.05 Å². The van der Waals surface area contributed by atoms with E-state index < -0.39 is 0 Å². The van der Waals surface area contributed by atoms with Crippen molar-refractivity contribution < 1.29 is 4.79 Å². The Morgan fingerprint density at radius 3 is 2.89 bits per heavy atom. The Morgan fingerprint density at radius 2 is 2.32 bits per heavy atom. The van der Waals surface area contributed by atoms with Gasteiger partial charge in [-0.15, -0.1) is 0 Å². The summed E-state index contributed by atoms with van der Waals surface area (Å²) in [5, 5.41) is 3.00. The van der Waals surface area contributed by atoms with Crippen LogP contribution in [0.1, 0.15) is 38.9 Å². The summed E-state index contributed by atoms with van der Waals surface area (Å²) in [5.74, 6) is 1.06. The highest BCUT2D eigenvalue weighted by Gasteiger charge is 2.11. The van der Waals surface area contributed by atoms with E-state index >= 15 is 0 Å². The maximum absolute atomic E-state index is 11.9. The van der Waals surface area contributed by atoms with E-state index in [4.69, 9.17) is 0 Å². The zero-order valence-corrected chi connectivity index (χ0v) is 12.5. The standard InChI is InChI=1S/C14H26N4O/c1-5-7-12(2)16-14(19)18(4)10-6-8-13-15-9-11-17(13)3/h9,11-12H,5-8,10H2,1-4H3,(H,16,19)/t12-/m1/s1. The van der Waals surface area contributed by atoms with Crippen molar-refractivity contribution in [2.45, 2.75) is 45.6 Å². The number of urea groups is 1. The molecule has 0 saturated heterocycles. The SMILES string of the molecule is CCC[C@@H](C)NC(=O)N(C)CCCc1nccn1C. The first-order chi connectivity index (χ1) is 9.04. The molecule has 5 heteroatoms. The van der Waals surface area contributed by atoms with Crippen molar-refractivity contribution in [1.82, 2.24) is 19.8 Å². The van der Waals surface area contributed by atoms with Gasteiger partial charge in [0, 0.05) is 45.5 Å². The maximum Gasteiger partial charge on any atom is 0.317 e. The van der Waals surface area contributed by atoms with Gasteiger partial charge in [-0.1, -0.05) is 13.3 Å². The van der Waals surface area contributed by atoms with Gasteiger partial charge < -0.3 is 14.8 Å². The fraction of sp³-hybridized carbons (Fsp3) is 0.714. The lowest BCUT2D eigenvalue weighted by Crippen LogP contribution is -2.42. The summed E-state index contributed by atoms with van der Waals surface area (Å²) in [6.07, 6.45) is 7.68. The largest absolute Gasteiger partial charge is 0.338 e. The van der Waals surface area contributed by atoms with Crippen LogP contribution in [0.5, 0.6) is 0 Å². The quantitative estimate of drug-likeness (QED) is 0.822. The molecule has 1 rings (SSSR count). The number of nitrogens with one attached hydrogen (secondary N) is 1. The molecular formula is C14H26N4O. The topological polar surface area (TPSA) is 50.2 Å². The van der Waals surface area contributed by atoms with E-state index in [0.717, 1.165) is 38.1 Å². The molecule has 1 N–H and O–H groups in total. The number of aryl methyl sites for hydroxylation is 2. The van der Waals surface area contributed by atoms with Crippen molar-refractivity contribution >= 4 is 6.03 Å². The third-order valence-corrected chi connectivity index (χ3v) is 3.25. The van der Waals surface area contributed by atoms with Gasteiger partial charge in [0.05, 0.1) is 0 Å². The summed E-state index contributed by atoms with van der Waals surface area (Å²) < 4.78 is 2.02. The van der Waals surface area contributed by atoms with Gasteiger partial charge >= 0.3 is 6.03 Å². The summed E-state index contributed by atoms with van der Waals surface area (Å²) in [5.41, 5.74) is 0. The van der Waals surface area contributed by atoms with Gasteiger partial charge in [0.1, 0.15) is 5.82 Å². The number of imidazole rings is 1. The first kappa shape index (κ1) is 15.5. The zero-order valence-electron chi connectivity index (χ0n) is 12.5. The van der Waals surface area contributed by atoms with Gasteiger partial charge in [-0.2, -0.15) is 0 Å². The average Bonchev–Trinajstić information content (AvgIpc) is 2.75. The van der Waals surface area contributed by atoms with Gasteiger partial charge in [-0.25, -0.2) is 9.78 Å². The summed E-state index contributed by atoms with van der Waals surface area (Å²) in [4.78, 5) is 17.9. The molecule has 0 spiro atoms. The van der Waals surface area contributed by atoms with Gasteiger partial charge in [0.25, 0.3) is 0 Å². The third-order valence-electron chi connectivity index (χ3n) is 3.25. The molecule has 1 aromatic heterocycles. The van der Waals surface area contributed by atoms with E-state index in [-0.39, 0.29) is 12.1 Å². The number of amides is 2. The molecule has 1 aromatic rings. The molecule has 19 heavy (non-hydrogen) atoms. The normalized spacial score (nSPS) is 12.2. The molecule has 1 heterocycles. The highest BCUT2D eigenvalue weighted by molar-refractivity contribution is 5.74. The maximum atomic E-state index is 11.9. The van der Waals surface area contributed by atoms with E-state index in [2.05, 4.69) is 17.2 Å². The second kappa shape index (κ2) is 7.81. The second-order valence-electron chi connectivity index (χ2n) is 5.12. The summed E-state index contributed by atoms with van der Waals surface area (Å²) >= 11 is 0. The van der Waals surface area contributed by atoms with Gasteiger partial charge in [0.2, 0.25) is 0 Å². The molecule has 5 nitrogen and oxygen atoms in total. The second-order valence-corrected chi connectivity index (χ2v) is 5.12. The third kappa shape index (κ3) is 5.32. The molecule has 0 unspecified atom stereocenters. The Balaban J connectivity index is 2.25. The number of nitrogens with zero attached hydrogens (tertiary/aromatic N) is 3. The zero-order chi connectivity index (χ0) is 14.3. The highest BCUT2D eigenvalue weighted by Crippen LogP contribution is 2.01. The molecule has 0 aliphatic heterocycles. The molecule has 0 aromatic carbocycles. The van der Waals surface area contributed by atoms with E-state index in [0.29, 0.717) is 0 Å². The van der Waals surface area contributed by atoms with Crippen LogP contribution in [0.25, 0.3) is 0 Å². The Hall–Kier alpha value is -1.52. The Morgan fingerprint density at radius 1 is 1.58 bits per heavy atom. The van der Waals surface area contributed by atoms with Crippen molar-refractivity contribution in [2.75, 3.05) is 13.6 Å². The number of carbonyl (C=O) groups excluding carboxylic acids is 1. The summed E-state index contributed by atoms with van der Waals surface area (Å²) in [6.45, 7) is 4.92. The minimum Gasteiger partial charge on any atom is -0.338 e. The van der Waals surface area contributed by atoms with Gasteiger partial charge in [-0.05, 0) is 19.8 Å². The van der Waals surface area contributed by atoms with Crippen molar-refractivity contribution in [3.63, 3.8) is 0 Å². The van der Waals surface area contributed by atoms with E-state index in [9.17, 15) is 4.79 Å². The molecule has 0 aliphatic rings. The monoisotopic (exact) mass is 266 g/mol. The molecule has 1 atom stereocenters. The van der Waals surface area contributed by atoms with Crippen molar-refractivity contribution in [3.8, 4) is 0 Å². The number of aromatic nitrogens is 2. The number of carbonyl (C=O) groups is 1. The van der Waals surface area contributed by atoms with Crippen LogP contribution in [0, 0.1) is 0 Å². The van der Waals surface area contributed by atoms with Gasteiger partial charge in [0.15, 0.2) is 0 Å². The molecular weight excluding hydrogens is 240 g/mol. The van der Waals surface area contributed by atoms with Crippen LogP contribution in [0.3, 0.4) is 0 Å². The van der Waals surface area contributed by atoms with Crippen LogP contribution < -0.4 is 5.32 Å². The van der Waals surface area contributed by atoms with Crippen molar-refractivity contribution in [1.29, 1.82) is 0 Å². The fourth-order valence-electron chi connectivity index (χ4n) is 2.04. The van der Waals surface area contributed by atoms with Crippen LogP contribution in [0.2, 0.25) is 0 Å². The number of rotatable bonds is 7. The molecule has 2 amide bonds. The lowest BCUT2D eigenvalue weighted by Gasteiger charge is -2.21. The Labute approximate surface area is 116 Å². The Bertz CT molecular complexity index is 389. The lowest BCUT2D eigenvalue weighted by molar-refractivity contribution is 0.204. The molecule has 0 saturated carbocycles. The molecule has 108 valence electrons. The molecule has 0 radical (unpaired) electrons. The fourth-order valence-corrected chi connectivity index (χ4v) is 2.04. The van der Waals surface area contributed by atoms with Crippen LogP contribution in [0.15, 0.2) is 12.4 Å². The first-order valence-corrected chi connectivity index (χ1v) is 7.02. The Kier molecular flexibility index (Phi) is 6.39. The first-order valence-electron chi connectivity index (χ1n) is 7.02. The smallest absolute Gasteiger partial charge is 0.317 e. The minimum atomic E-state index is 0.0146. The van der Waals surface area contributed by atoms with E-state index in [1.54, 1.807) is 11.1 Å². The van der Waals surface area contributed by atoms with Gasteiger partial charge in [-0.3, -0.25) is 0 Å². The number of hydrogen-bond donors (Lipinski definition) is 1. The molecule has 0 fully saturated rings. The predicted octanol–water partition coefficient (Wildman–Crippen LogP) is 2.18. The summed E-state index contributed by atoms with van der Waals surface area (Å²) in [6, 6.07) is 0.260. The van der Waals surface area contributed by atoms with Crippen LogP contribution in [0.4, 0.5) is 4.79 Å². The minimum absolute atomic E-state index is 0.0146. The van der Waals surface area contributed by atoms with Crippen LogP contribution >= 0.6 is 0 Å². The summed E-state index contributed by atoms with van der Waals surface area (Å²) in [7, 11) is 3.83. The predicted molar refractivity (Wildman–Crippen MR) is 77.1 cm³/mol. The highest BCUT2D eigenvalue weighted by atomic mass is 16.2. The molecule has 0 aliphatic carbocycles. The average molecular weight is 266 g/mol.